The van der Waals surface area contributed by atoms with Crippen molar-refractivity contribution in [3.63, 3.8) is 0 Å². The molecule has 4 rings (SSSR count). The van der Waals surface area contributed by atoms with Gasteiger partial charge in [-0.1, -0.05) is 12.1 Å². The second-order valence-electron chi connectivity index (χ2n) is 6.34. The van der Waals surface area contributed by atoms with E-state index in [1.54, 1.807) is 16.1 Å². The van der Waals surface area contributed by atoms with Crippen LogP contribution in [0.25, 0.3) is 22.6 Å². The van der Waals surface area contributed by atoms with Crippen LogP contribution in [0.3, 0.4) is 0 Å². The van der Waals surface area contributed by atoms with Crippen LogP contribution in [0.2, 0.25) is 0 Å². The number of hydrogen-bond acceptors (Lipinski definition) is 7. The van der Waals surface area contributed by atoms with E-state index in [0.717, 1.165) is 11.0 Å². The van der Waals surface area contributed by atoms with Crippen LogP contribution >= 0.6 is 11.3 Å². The molecule has 0 unspecified atom stereocenters. The summed E-state index contributed by atoms with van der Waals surface area (Å²) in [6.45, 7) is -0.0376. The van der Waals surface area contributed by atoms with Crippen molar-refractivity contribution >= 4 is 44.0 Å². The number of carbonyl (C=O) groups is 1. The minimum Gasteiger partial charge on any atom is -0.495 e. The maximum Gasteiger partial charge on any atom is 0.244 e. The Hall–Kier alpha value is -3.28. The molecule has 9 nitrogen and oxygen atoms in total. The number of methoxy groups -OCH3 is 1. The van der Waals surface area contributed by atoms with Gasteiger partial charge in [-0.25, -0.2) is 23.5 Å². The molecule has 2 aromatic carbocycles. The smallest absolute Gasteiger partial charge is 0.244 e. The lowest BCUT2D eigenvalue weighted by molar-refractivity contribution is -0.116. The van der Waals surface area contributed by atoms with Gasteiger partial charge in [0.15, 0.2) is 5.82 Å². The molecule has 11 heteroatoms. The maximum atomic E-state index is 12.8. The van der Waals surface area contributed by atoms with Crippen molar-refractivity contribution in [3.05, 3.63) is 53.4 Å². The van der Waals surface area contributed by atoms with Gasteiger partial charge in [-0.15, -0.1) is 11.3 Å². The molecule has 30 heavy (non-hydrogen) atoms. The van der Waals surface area contributed by atoms with E-state index in [1.807, 2.05) is 29.6 Å². The molecule has 0 aliphatic carbocycles. The van der Waals surface area contributed by atoms with Crippen molar-refractivity contribution in [1.82, 2.24) is 14.5 Å². The summed E-state index contributed by atoms with van der Waals surface area (Å²) in [5.41, 5.74) is 4.19. The van der Waals surface area contributed by atoms with Gasteiger partial charge in [-0.2, -0.15) is 0 Å². The average Bonchev–Trinajstić information content (AvgIpc) is 3.35. The van der Waals surface area contributed by atoms with E-state index in [-0.39, 0.29) is 28.8 Å². The van der Waals surface area contributed by atoms with Crippen LogP contribution in [0.15, 0.2) is 58.3 Å². The second kappa shape index (κ2) is 7.86. The average molecular weight is 444 g/mol. The molecule has 2 heterocycles. The number of nitrogens with two attached hydrogens (primary N) is 1. The number of carbonyl (C=O) groups excluding carboxylic acids is 1. The summed E-state index contributed by atoms with van der Waals surface area (Å²) in [6.07, 6.45) is 0. The number of thiazole rings is 1. The second-order valence-corrected chi connectivity index (χ2v) is 8.59. The Labute approximate surface area is 176 Å². The number of rotatable bonds is 6. The van der Waals surface area contributed by atoms with Crippen LogP contribution in [-0.2, 0) is 21.4 Å². The Bertz CT molecular complexity index is 1330. The third-order valence-electron chi connectivity index (χ3n) is 4.37. The molecule has 0 saturated carbocycles. The van der Waals surface area contributed by atoms with Gasteiger partial charge in [-0.05, 0) is 30.3 Å². The summed E-state index contributed by atoms with van der Waals surface area (Å²) in [6, 6.07) is 11.7. The number of nitrogens with one attached hydrogen (secondary N) is 1. The lowest BCUT2D eigenvalue weighted by Crippen LogP contribution is -2.20. The molecule has 3 N–H and O–H groups in total. The van der Waals surface area contributed by atoms with Crippen molar-refractivity contribution in [3.8, 4) is 17.3 Å². The first-order chi connectivity index (χ1) is 14.4. The monoisotopic (exact) mass is 443 g/mol. The molecule has 1 amide bonds. The van der Waals surface area contributed by atoms with Gasteiger partial charge < -0.3 is 14.6 Å². The van der Waals surface area contributed by atoms with Gasteiger partial charge in [0.1, 0.15) is 22.9 Å². The van der Waals surface area contributed by atoms with Gasteiger partial charge in [0.2, 0.25) is 15.9 Å². The lowest BCUT2D eigenvalue weighted by Gasteiger charge is -2.12. The van der Waals surface area contributed by atoms with Crippen LogP contribution in [0.1, 0.15) is 0 Å². The number of para-hydroxylation sites is 2. The fourth-order valence-electron chi connectivity index (χ4n) is 3.07. The van der Waals surface area contributed by atoms with Gasteiger partial charge in [0, 0.05) is 11.1 Å². The van der Waals surface area contributed by atoms with Gasteiger partial charge in [-0.3, -0.25) is 4.79 Å². The minimum absolute atomic E-state index is 0.0376. The number of imidazole rings is 1. The molecular weight excluding hydrogens is 426 g/mol. The number of sulfonamides is 1. The Morgan fingerprint density at radius 2 is 2.07 bits per heavy atom. The highest BCUT2D eigenvalue weighted by Crippen LogP contribution is 2.27. The number of aromatic nitrogens is 3. The highest BCUT2D eigenvalue weighted by atomic mass is 32.2. The number of hydrogen-bond donors (Lipinski definition) is 2. The van der Waals surface area contributed by atoms with E-state index < -0.39 is 10.0 Å². The summed E-state index contributed by atoms with van der Waals surface area (Å²) >= 11 is 1.44. The third kappa shape index (κ3) is 3.90. The van der Waals surface area contributed by atoms with Crippen molar-refractivity contribution < 1.29 is 17.9 Å². The highest BCUT2D eigenvalue weighted by molar-refractivity contribution is 7.89. The molecule has 4 aromatic rings. The maximum absolute atomic E-state index is 12.8. The van der Waals surface area contributed by atoms with E-state index in [9.17, 15) is 13.2 Å². The molecule has 2 aromatic heterocycles. The quantitative estimate of drug-likeness (QED) is 0.471. The third-order valence-corrected chi connectivity index (χ3v) is 5.89. The molecule has 0 bridgehead atoms. The minimum atomic E-state index is -4.02. The normalized spacial score (nSPS) is 11.5. The van der Waals surface area contributed by atoms with Crippen molar-refractivity contribution in [1.29, 1.82) is 0 Å². The van der Waals surface area contributed by atoms with E-state index >= 15 is 0 Å². The van der Waals surface area contributed by atoms with Gasteiger partial charge in [0.05, 0.1) is 23.7 Å². The summed E-state index contributed by atoms with van der Waals surface area (Å²) < 4.78 is 30.4. The van der Waals surface area contributed by atoms with E-state index in [0.29, 0.717) is 11.5 Å². The Morgan fingerprint density at radius 1 is 1.27 bits per heavy atom. The summed E-state index contributed by atoms with van der Waals surface area (Å²) in [4.78, 5) is 21.5. The molecule has 0 spiro atoms. The first-order valence-electron chi connectivity index (χ1n) is 8.71. The van der Waals surface area contributed by atoms with Crippen LogP contribution < -0.4 is 15.2 Å². The Kier molecular flexibility index (Phi) is 5.24. The van der Waals surface area contributed by atoms with Crippen LogP contribution in [-0.4, -0.2) is 36.0 Å². The topological polar surface area (TPSA) is 129 Å². The summed E-state index contributed by atoms with van der Waals surface area (Å²) in [7, 11) is -2.68. The van der Waals surface area contributed by atoms with Crippen LogP contribution in [0.4, 0.5) is 5.69 Å². The fraction of sp³-hybridized carbons (Fsp3) is 0.105. The number of fused-ring (bicyclic) bond motifs is 1. The Balaban J connectivity index is 1.66. The first-order valence-corrected chi connectivity index (χ1v) is 11.2. The van der Waals surface area contributed by atoms with Crippen molar-refractivity contribution in [2.24, 2.45) is 5.14 Å². The van der Waals surface area contributed by atoms with E-state index in [4.69, 9.17) is 9.88 Å². The summed E-state index contributed by atoms with van der Waals surface area (Å²) in [5.74, 6) is 0.314. The SMILES string of the molecule is COc1ccc(NC(=O)Cn2c(-c3cscn3)nc3ccccc32)cc1S(N)(=O)=O. The highest BCUT2D eigenvalue weighted by Gasteiger charge is 2.19. The number of primary sulfonamides is 1. The fourth-order valence-corrected chi connectivity index (χ4v) is 4.33. The first kappa shape index (κ1) is 20.0. The molecule has 0 radical (unpaired) electrons. The van der Waals surface area contributed by atoms with Gasteiger partial charge in [0.25, 0.3) is 0 Å². The molecule has 0 atom stereocenters. The number of benzene rings is 2. The molecule has 0 aliphatic heterocycles. The van der Waals surface area contributed by atoms with Crippen molar-refractivity contribution in [2.45, 2.75) is 11.4 Å². The zero-order valence-electron chi connectivity index (χ0n) is 15.8. The predicted molar refractivity (Wildman–Crippen MR) is 114 cm³/mol. The summed E-state index contributed by atoms with van der Waals surface area (Å²) in [5, 5.41) is 9.80. The predicted octanol–water partition coefficient (Wildman–Crippen LogP) is 2.45. The lowest BCUT2D eigenvalue weighted by atomic mass is 10.3. The molecule has 0 fully saturated rings. The van der Waals surface area contributed by atoms with Gasteiger partial charge >= 0.3 is 0 Å². The molecule has 154 valence electrons. The van der Waals surface area contributed by atoms with Crippen LogP contribution in [0.5, 0.6) is 5.75 Å². The van der Waals surface area contributed by atoms with Crippen molar-refractivity contribution in [2.75, 3.05) is 12.4 Å². The Morgan fingerprint density at radius 3 is 2.77 bits per heavy atom. The molecule has 0 aliphatic rings. The van der Waals surface area contributed by atoms with Crippen LogP contribution in [0, 0.1) is 0 Å². The zero-order valence-corrected chi connectivity index (χ0v) is 17.4. The molecule has 0 saturated heterocycles. The number of nitrogens with zero attached hydrogens (tertiary/aromatic N) is 3. The van der Waals surface area contributed by atoms with E-state index in [1.165, 1.54) is 30.6 Å². The molecular formula is C19H17N5O4S2. The number of amides is 1. The standard InChI is InChI=1S/C19H17N5O4S2/c1-28-16-7-6-12(8-17(16)30(20,26)27)22-18(25)9-24-15-5-3-2-4-13(15)23-19(24)14-10-29-11-21-14/h2-8,10-11H,9H2,1H3,(H,22,25)(H2,20,26,27). The number of ether oxygens (including phenoxy) is 1. The number of anilines is 1. The largest absolute Gasteiger partial charge is 0.495 e. The zero-order chi connectivity index (χ0) is 21.3. The van der Waals surface area contributed by atoms with E-state index in [2.05, 4.69) is 15.3 Å².